The smallest absolute Gasteiger partial charge is 0.0625 e. The second kappa shape index (κ2) is 6.20. The van der Waals surface area contributed by atoms with Crippen molar-refractivity contribution in [3.05, 3.63) is 17.0 Å². The van der Waals surface area contributed by atoms with E-state index in [1.54, 1.807) is 0 Å². The molecular formula is C14H27N3. The first-order valence-electron chi connectivity index (χ1n) is 6.73. The summed E-state index contributed by atoms with van der Waals surface area (Å²) in [4.78, 5) is 0. The van der Waals surface area contributed by atoms with E-state index in [-0.39, 0.29) is 0 Å². The summed E-state index contributed by atoms with van der Waals surface area (Å²) in [5.41, 5.74) is 3.78. The molecule has 0 aliphatic heterocycles. The number of hydrogen-bond acceptors (Lipinski definition) is 2. The lowest BCUT2D eigenvalue weighted by molar-refractivity contribution is 0.383. The van der Waals surface area contributed by atoms with Crippen LogP contribution in [0.4, 0.5) is 0 Å². The molecule has 1 aromatic heterocycles. The van der Waals surface area contributed by atoms with E-state index >= 15 is 0 Å². The third kappa shape index (κ3) is 3.56. The summed E-state index contributed by atoms with van der Waals surface area (Å²) in [5.74, 6) is 0. The van der Waals surface area contributed by atoms with E-state index < -0.39 is 0 Å². The Morgan fingerprint density at radius 3 is 2.35 bits per heavy atom. The molecule has 3 nitrogen and oxygen atoms in total. The quantitative estimate of drug-likeness (QED) is 0.823. The maximum atomic E-state index is 4.63. The first kappa shape index (κ1) is 14.2. The van der Waals surface area contributed by atoms with Crippen LogP contribution >= 0.6 is 0 Å². The van der Waals surface area contributed by atoms with E-state index in [9.17, 15) is 0 Å². The van der Waals surface area contributed by atoms with Gasteiger partial charge < -0.3 is 5.32 Å². The van der Waals surface area contributed by atoms with Gasteiger partial charge in [-0.05, 0) is 59.6 Å². The zero-order valence-electron chi connectivity index (χ0n) is 12.2. The van der Waals surface area contributed by atoms with Crippen molar-refractivity contribution in [2.45, 2.75) is 66.5 Å². The van der Waals surface area contributed by atoms with Gasteiger partial charge in [0.15, 0.2) is 0 Å². The van der Waals surface area contributed by atoms with Gasteiger partial charge in [0.2, 0.25) is 0 Å². The predicted octanol–water partition coefficient (Wildman–Crippen LogP) is 3.15. The van der Waals surface area contributed by atoms with E-state index in [2.05, 4.69) is 56.6 Å². The minimum absolute atomic E-state index is 0.460. The van der Waals surface area contributed by atoms with Crippen molar-refractivity contribution in [2.75, 3.05) is 6.54 Å². The van der Waals surface area contributed by atoms with Crippen molar-refractivity contribution in [2.24, 2.45) is 0 Å². The summed E-state index contributed by atoms with van der Waals surface area (Å²) in [6, 6.07) is 1.01. The second-order valence-corrected chi connectivity index (χ2v) is 5.18. The average Bonchev–Trinajstić information content (AvgIpc) is 2.54. The standard InChI is InChI=1S/C14H27N3/c1-7-8-15-10(2)9-11(3)17-14(6)12(4)13(5)16-17/h10-11,15H,7-9H2,1-6H3. The first-order chi connectivity index (χ1) is 7.97. The lowest BCUT2D eigenvalue weighted by atomic mass is 10.1. The molecular weight excluding hydrogens is 210 g/mol. The number of rotatable bonds is 6. The molecule has 2 unspecified atom stereocenters. The Morgan fingerprint density at radius 2 is 1.88 bits per heavy atom. The van der Waals surface area contributed by atoms with Gasteiger partial charge in [-0.15, -0.1) is 0 Å². The van der Waals surface area contributed by atoms with E-state index in [0.717, 1.165) is 18.7 Å². The molecule has 17 heavy (non-hydrogen) atoms. The van der Waals surface area contributed by atoms with Crippen LogP contribution in [0.3, 0.4) is 0 Å². The highest BCUT2D eigenvalue weighted by molar-refractivity contribution is 5.22. The lowest BCUT2D eigenvalue weighted by Crippen LogP contribution is -2.29. The maximum Gasteiger partial charge on any atom is 0.0625 e. The van der Waals surface area contributed by atoms with E-state index in [1.807, 2.05) is 0 Å². The van der Waals surface area contributed by atoms with Gasteiger partial charge in [0.05, 0.1) is 11.7 Å². The average molecular weight is 237 g/mol. The van der Waals surface area contributed by atoms with Gasteiger partial charge in [-0.2, -0.15) is 5.10 Å². The number of nitrogens with one attached hydrogen (secondary N) is 1. The predicted molar refractivity (Wildman–Crippen MR) is 73.5 cm³/mol. The van der Waals surface area contributed by atoms with E-state index in [1.165, 1.54) is 17.7 Å². The van der Waals surface area contributed by atoms with Crippen molar-refractivity contribution in [3.63, 3.8) is 0 Å². The number of hydrogen-bond donors (Lipinski definition) is 1. The molecule has 2 atom stereocenters. The largest absolute Gasteiger partial charge is 0.314 e. The molecule has 0 saturated carbocycles. The zero-order chi connectivity index (χ0) is 13.0. The Bertz CT molecular complexity index is 355. The summed E-state index contributed by atoms with van der Waals surface area (Å²) >= 11 is 0. The second-order valence-electron chi connectivity index (χ2n) is 5.18. The van der Waals surface area contributed by atoms with Gasteiger partial charge in [0.1, 0.15) is 0 Å². The molecule has 1 heterocycles. The van der Waals surface area contributed by atoms with Crippen LogP contribution in [0, 0.1) is 20.8 Å². The van der Waals surface area contributed by atoms with Gasteiger partial charge in [-0.25, -0.2) is 0 Å². The van der Waals surface area contributed by atoms with Gasteiger partial charge in [0.25, 0.3) is 0 Å². The SMILES string of the molecule is CCCNC(C)CC(C)n1nc(C)c(C)c1C. The minimum Gasteiger partial charge on any atom is -0.314 e. The van der Waals surface area contributed by atoms with Gasteiger partial charge in [-0.3, -0.25) is 4.68 Å². The normalized spacial score (nSPS) is 14.9. The molecule has 0 saturated heterocycles. The fourth-order valence-corrected chi connectivity index (χ4v) is 2.26. The monoisotopic (exact) mass is 237 g/mol. The van der Waals surface area contributed by atoms with Crippen LogP contribution in [0.5, 0.6) is 0 Å². The molecule has 0 radical (unpaired) electrons. The van der Waals surface area contributed by atoms with Crippen LogP contribution in [0.25, 0.3) is 0 Å². The molecule has 0 aliphatic rings. The molecule has 0 fully saturated rings. The van der Waals surface area contributed by atoms with Crippen molar-refractivity contribution < 1.29 is 0 Å². The summed E-state index contributed by atoms with van der Waals surface area (Å²) in [5, 5.41) is 8.16. The summed E-state index contributed by atoms with van der Waals surface area (Å²) in [7, 11) is 0. The molecule has 0 amide bonds. The van der Waals surface area contributed by atoms with Gasteiger partial charge in [-0.1, -0.05) is 6.92 Å². The molecule has 0 bridgehead atoms. The van der Waals surface area contributed by atoms with Crippen molar-refractivity contribution in [1.82, 2.24) is 15.1 Å². The topological polar surface area (TPSA) is 29.9 Å². The van der Waals surface area contributed by atoms with Gasteiger partial charge in [0, 0.05) is 11.7 Å². The van der Waals surface area contributed by atoms with Crippen molar-refractivity contribution >= 4 is 0 Å². The molecule has 0 aromatic carbocycles. The lowest BCUT2D eigenvalue weighted by Gasteiger charge is -2.20. The Hall–Kier alpha value is -0.830. The Kier molecular flexibility index (Phi) is 5.19. The maximum absolute atomic E-state index is 4.63. The van der Waals surface area contributed by atoms with Crippen molar-refractivity contribution in [3.8, 4) is 0 Å². The van der Waals surface area contributed by atoms with Crippen molar-refractivity contribution in [1.29, 1.82) is 0 Å². The van der Waals surface area contributed by atoms with Crippen LogP contribution < -0.4 is 5.32 Å². The van der Waals surface area contributed by atoms with E-state index in [4.69, 9.17) is 0 Å². The summed E-state index contributed by atoms with van der Waals surface area (Å²) < 4.78 is 2.18. The molecule has 0 aliphatic carbocycles. The molecule has 3 heteroatoms. The highest BCUT2D eigenvalue weighted by atomic mass is 15.3. The molecule has 1 aromatic rings. The molecule has 1 N–H and O–H groups in total. The van der Waals surface area contributed by atoms with Crippen LogP contribution in [0.2, 0.25) is 0 Å². The first-order valence-corrected chi connectivity index (χ1v) is 6.73. The van der Waals surface area contributed by atoms with Crippen LogP contribution in [-0.4, -0.2) is 22.4 Å². The molecule has 98 valence electrons. The highest BCUT2D eigenvalue weighted by Crippen LogP contribution is 2.19. The number of aromatic nitrogens is 2. The van der Waals surface area contributed by atoms with Gasteiger partial charge >= 0.3 is 0 Å². The molecule has 0 spiro atoms. The zero-order valence-corrected chi connectivity index (χ0v) is 12.2. The third-order valence-corrected chi connectivity index (χ3v) is 3.54. The van der Waals surface area contributed by atoms with Crippen LogP contribution in [0.15, 0.2) is 0 Å². The molecule has 1 rings (SSSR count). The Morgan fingerprint density at radius 1 is 1.24 bits per heavy atom. The fraction of sp³-hybridized carbons (Fsp3) is 0.786. The Labute approximate surface area is 106 Å². The van der Waals surface area contributed by atoms with Crippen LogP contribution in [-0.2, 0) is 0 Å². The fourth-order valence-electron chi connectivity index (χ4n) is 2.26. The number of aryl methyl sites for hydroxylation is 1. The minimum atomic E-state index is 0.460. The Balaban J connectivity index is 2.63. The van der Waals surface area contributed by atoms with Crippen LogP contribution in [0.1, 0.15) is 56.6 Å². The third-order valence-electron chi connectivity index (χ3n) is 3.54. The summed E-state index contributed by atoms with van der Waals surface area (Å²) in [6.07, 6.45) is 2.32. The van der Waals surface area contributed by atoms with E-state index in [0.29, 0.717) is 12.1 Å². The number of nitrogens with zero attached hydrogens (tertiary/aromatic N) is 2. The summed E-state index contributed by atoms with van der Waals surface area (Å²) in [6.45, 7) is 14.2. The highest BCUT2D eigenvalue weighted by Gasteiger charge is 2.15.